The molecule has 0 saturated carbocycles. The van der Waals surface area contributed by atoms with Crippen LogP contribution in [0.15, 0.2) is 78.0 Å². The number of thioether (sulfide) groups is 1. The van der Waals surface area contributed by atoms with Crippen molar-refractivity contribution in [1.82, 2.24) is 20.1 Å². The molecule has 0 spiro atoms. The predicted molar refractivity (Wildman–Crippen MR) is 141 cm³/mol. The van der Waals surface area contributed by atoms with E-state index in [0.717, 1.165) is 36.3 Å². The zero-order valence-corrected chi connectivity index (χ0v) is 21.1. The van der Waals surface area contributed by atoms with Gasteiger partial charge in [0.2, 0.25) is 5.91 Å². The molecule has 3 aromatic carbocycles. The fourth-order valence-corrected chi connectivity index (χ4v) is 5.36. The zero-order chi connectivity index (χ0) is 24.9. The number of hydrogen-bond acceptors (Lipinski definition) is 6. The lowest BCUT2D eigenvalue weighted by Crippen LogP contribution is -2.32. The first-order valence-electron chi connectivity index (χ1n) is 11.9. The van der Waals surface area contributed by atoms with Crippen molar-refractivity contribution in [3.05, 3.63) is 83.9 Å². The van der Waals surface area contributed by atoms with Crippen molar-refractivity contribution in [2.75, 3.05) is 20.0 Å². The maximum Gasteiger partial charge on any atom is 0.230 e. The summed E-state index contributed by atoms with van der Waals surface area (Å²) in [5, 5.41) is 12.8. The van der Waals surface area contributed by atoms with Crippen LogP contribution in [0, 0.1) is 0 Å². The van der Waals surface area contributed by atoms with E-state index in [-0.39, 0.29) is 17.7 Å². The van der Waals surface area contributed by atoms with Crippen LogP contribution in [0.1, 0.15) is 30.0 Å². The number of methoxy groups -OCH3 is 2. The molecular formula is C28H28N4O3S. The summed E-state index contributed by atoms with van der Waals surface area (Å²) in [5.74, 6) is 2.31. The highest BCUT2D eigenvalue weighted by molar-refractivity contribution is 7.99. The van der Waals surface area contributed by atoms with Gasteiger partial charge in [-0.05, 0) is 66.8 Å². The van der Waals surface area contributed by atoms with Crippen molar-refractivity contribution in [3.8, 4) is 28.6 Å². The number of hydrogen-bond donors (Lipinski definition) is 1. The Hall–Kier alpha value is -3.78. The molecule has 0 radical (unpaired) electrons. The molecule has 7 nitrogen and oxygen atoms in total. The average Bonchev–Trinajstić information content (AvgIpc) is 3.36. The molecule has 184 valence electrons. The summed E-state index contributed by atoms with van der Waals surface area (Å²) in [4.78, 5) is 13.0. The van der Waals surface area contributed by atoms with Crippen molar-refractivity contribution >= 4 is 17.7 Å². The van der Waals surface area contributed by atoms with E-state index in [9.17, 15) is 4.79 Å². The minimum absolute atomic E-state index is 0.0233. The molecule has 0 unspecified atom stereocenters. The number of carbonyl (C=O) groups is 1. The Morgan fingerprint density at radius 3 is 2.58 bits per heavy atom. The predicted octanol–water partition coefficient (Wildman–Crippen LogP) is 5.24. The molecule has 0 aliphatic heterocycles. The standard InChI is InChI=1S/C28H28N4O3S/c1-34-21-16-14-20(15-17-21)32-27(23-11-5-6-13-25(23)35-2)30-31-28(32)36-18-26(33)29-24-12-7-9-19-8-3-4-10-22(19)24/h3-6,8,10-11,13-17,24H,7,9,12,18H2,1-2H3,(H,29,33)/t24-/m1/s1. The number of nitrogens with one attached hydrogen (secondary N) is 1. The van der Waals surface area contributed by atoms with Crippen LogP contribution >= 0.6 is 11.8 Å². The van der Waals surface area contributed by atoms with Gasteiger partial charge >= 0.3 is 0 Å². The van der Waals surface area contributed by atoms with Gasteiger partial charge in [0.15, 0.2) is 11.0 Å². The second-order valence-corrected chi connectivity index (χ2v) is 9.48. The molecule has 1 aliphatic rings. The molecule has 1 heterocycles. The smallest absolute Gasteiger partial charge is 0.230 e. The van der Waals surface area contributed by atoms with E-state index in [1.54, 1.807) is 14.2 Å². The number of aromatic nitrogens is 3. The number of ether oxygens (including phenoxy) is 2. The number of benzene rings is 3. The van der Waals surface area contributed by atoms with E-state index in [0.29, 0.717) is 16.7 Å². The van der Waals surface area contributed by atoms with Gasteiger partial charge in [0.25, 0.3) is 0 Å². The molecule has 4 aromatic rings. The quantitative estimate of drug-likeness (QED) is 0.334. The van der Waals surface area contributed by atoms with E-state index in [1.807, 2.05) is 59.2 Å². The van der Waals surface area contributed by atoms with Crippen LogP contribution in [0.5, 0.6) is 11.5 Å². The molecule has 1 aliphatic carbocycles. The lowest BCUT2D eigenvalue weighted by Gasteiger charge is -2.26. The second kappa shape index (κ2) is 10.9. The van der Waals surface area contributed by atoms with Gasteiger partial charge < -0.3 is 14.8 Å². The van der Waals surface area contributed by atoms with Crippen LogP contribution in [0.3, 0.4) is 0 Å². The van der Waals surface area contributed by atoms with E-state index >= 15 is 0 Å². The van der Waals surface area contributed by atoms with Gasteiger partial charge in [0.05, 0.1) is 37.3 Å². The van der Waals surface area contributed by atoms with Crippen molar-refractivity contribution in [2.24, 2.45) is 0 Å². The summed E-state index contributed by atoms with van der Waals surface area (Å²) in [7, 11) is 3.27. The van der Waals surface area contributed by atoms with E-state index in [2.05, 4.69) is 33.7 Å². The number of rotatable bonds is 8. The third-order valence-corrected chi connectivity index (χ3v) is 7.28. The molecule has 1 N–H and O–H groups in total. The van der Waals surface area contributed by atoms with Crippen molar-refractivity contribution in [2.45, 2.75) is 30.5 Å². The van der Waals surface area contributed by atoms with Crippen LogP contribution in [0.4, 0.5) is 0 Å². The highest BCUT2D eigenvalue weighted by atomic mass is 32.2. The maximum absolute atomic E-state index is 13.0. The monoisotopic (exact) mass is 500 g/mol. The zero-order valence-electron chi connectivity index (χ0n) is 20.3. The van der Waals surface area contributed by atoms with E-state index in [1.165, 1.54) is 22.9 Å². The molecule has 0 bridgehead atoms. The maximum atomic E-state index is 13.0. The first-order valence-corrected chi connectivity index (χ1v) is 12.9. The first-order chi connectivity index (χ1) is 17.7. The minimum atomic E-state index is -0.0233. The fraction of sp³-hybridized carbons (Fsp3) is 0.250. The molecule has 5 rings (SSSR count). The number of para-hydroxylation sites is 1. The number of fused-ring (bicyclic) bond motifs is 1. The van der Waals surface area contributed by atoms with Crippen molar-refractivity contribution in [1.29, 1.82) is 0 Å². The summed E-state index contributed by atoms with van der Waals surface area (Å²) in [6, 6.07) is 23.8. The molecule has 36 heavy (non-hydrogen) atoms. The Morgan fingerprint density at radius 1 is 1.00 bits per heavy atom. The Balaban J connectivity index is 1.40. The highest BCUT2D eigenvalue weighted by Gasteiger charge is 2.23. The molecule has 0 fully saturated rings. The molecule has 8 heteroatoms. The SMILES string of the molecule is COc1ccc(-n2c(SCC(=O)N[C@@H]3CCCc4ccccc43)nnc2-c2ccccc2OC)cc1. The van der Waals surface area contributed by atoms with Crippen molar-refractivity contribution in [3.63, 3.8) is 0 Å². The van der Waals surface area contributed by atoms with Gasteiger partial charge in [-0.25, -0.2) is 0 Å². The molecular weight excluding hydrogens is 472 g/mol. The fourth-order valence-electron chi connectivity index (χ4n) is 4.60. The number of carbonyl (C=O) groups excluding carboxylic acids is 1. The van der Waals surface area contributed by atoms with Gasteiger partial charge in [-0.15, -0.1) is 10.2 Å². The number of nitrogens with zero attached hydrogens (tertiary/aromatic N) is 3. The number of amides is 1. The van der Waals surface area contributed by atoms with Crippen LogP contribution in [0.2, 0.25) is 0 Å². The van der Waals surface area contributed by atoms with Crippen molar-refractivity contribution < 1.29 is 14.3 Å². The van der Waals surface area contributed by atoms with Gasteiger partial charge in [0.1, 0.15) is 11.5 Å². The van der Waals surface area contributed by atoms with Crippen LogP contribution in [0.25, 0.3) is 17.1 Å². The van der Waals surface area contributed by atoms with Gasteiger partial charge in [-0.2, -0.15) is 0 Å². The summed E-state index contributed by atoms with van der Waals surface area (Å²) in [6.45, 7) is 0. The Kier molecular flexibility index (Phi) is 7.23. The third-order valence-electron chi connectivity index (χ3n) is 6.35. The Labute approximate surface area is 214 Å². The minimum Gasteiger partial charge on any atom is -0.497 e. The Morgan fingerprint density at radius 2 is 1.78 bits per heavy atom. The average molecular weight is 501 g/mol. The second-order valence-electron chi connectivity index (χ2n) is 8.54. The summed E-state index contributed by atoms with van der Waals surface area (Å²) in [5.41, 5.74) is 4.23. The van der Waals surface area contributed by atoms with Crippen LogP contribution in [-0.4, -0.2) is 40.6 Å². The normalized spacial score (nSPS) is 14.7. The van der Waals surface area contributed by atoms with Gasteiger partial charge in [-0.3, -0.25) is 9.36 Å². The Bertz CT molecular complexity index is 1350. The summed E-state index contributed by atoms with van der Waals surface area (Å²) < 4.78 is 12.9. The topological polar surface area (TPSA) is 78.3 Å². The molecule has 0 saturated heterocycles. The highest BCUT2D eigenvalue weighted by Crippen LogP contribution is 2.34. The number of aryl methyl sites for hydroxylation is 1. The largest absolute Gasteiger partial charge is 0.497 e. The van der Waals surface area contributed by atoms with Gasteiger partial charge in [-0.1, -0.05) is 48.2 Å². The van der Waals surface area contributed by atoms with E-state index < -0.39 is 0 Å². The molecule has 1 atom stereocenters. The van der Waals surface area contributed by atoms with E-state index in [4.69, 9.17) is 9.47 Å². The van der Waals surface area contributed by atoms with Crippen LogP contribution < -0.4 is 14.8 Å². The van der Waals surface area contributed by atoms with Gasteiger partial charge in [0, 0.05) is 0 Å². The van der Waals surface area contributed by atoms with Crippen LogP contribution in [-0.2, 0) is 11.2 Å². The first kappa shape index (κ1) is 23.9. The third kappa shape index (κ3) is 4.95. The molecule has 1 aromatic heterocycles. The molecule has 1 amide bonds. The summed E-state index contributed by atoms with van der Waals surface area (Å²) in [6.07, 6.45) is 3.09. The summed E-state index contributed by atoms with van der Waals surface area (Å²) >= 11 is 1.36. The lowest BCUT2D eigenvalue weighted by molar-refractivity contribution is -0.119. The lowest BCUT2D eigenvalue weighted by atomic mass is 9.88.